The van der Waals surface area contributed by atoms with E-state index in [1.807, 2.05) is 18.2 Å². The van der Waals surface area contributed by atoms with Crippen LogP contribution in [0.15, 0.2) is 61.2 Å². The van der Waals surface area contributed by atoms with E-state index in [0.717, 1.165) is 49.1 Å². The fraction of sp³-hybridized carbons (Fsp3) is 0.438. The van der Waals surface area contributed by atoms with E-state index in [-0.39, 0.29) is 18.5 Å². The standard InChI is InChI=1S/C32H42N2O4/c1-2-3-4-5-6-7-8-24-9-14-26(15-10-24)32(36)38-29-17-11-25(12-18-29)13-20-31(35)37-22-21-27-23-28(33)16-19-30(27)34/h2,11-13,16-20,23-24,26H,1,3-10,14-15,21-22,33-34H2. The van der Waals surface area contributed by atoms with Crippen molar-refractivity contribution >= 4 is 29.4 Å². The van der Waals surface area contributed by atoms with Gasteiger partial charge in [0, 0.05) is 23.9 Å². The van der Waals surface area contributed by atoms with Crippen molar-refractivity contribution in [2.24, 2.45) is 11.8 Å². The van der Waals surface area contributed by atoms with Crippen LogP contribution >= 0.6 is 0 Å². The Kier molecular flexibility index (Phi) is 12.0. The van der Waals surface area contributed by atoms with E-state index in [0.29, 0.717) is 23.5 Å². The summed E-state index contributed by atoms with van der Waals surface area (Å²) in [6.07, 6.45) is 17.1. The van der Waals surface area contributed by atoms with Crippen LogP contribution in [0.3, 0.4) is 0 Å². The summed E-state index contributed by atoms with van der Waals surface area (Å²) in [4.78, 5) is 24.7. The highest BCUT2D eigenvalue weighted by molar-refractivity contribution is 5.87. The van der Waals surface area contributed by atoms with Crippen LogP contribution in [0.4, 0.5) is 11.4 Å². The second-order valence-electron chi connectivity index (χ2n) is 10.2. The molecule has 38 heavy (non-hydrogen) atoms. The van der Waals surface area contributed by atoms with Gasteiger partial charge in [-0.2, -0.15) is 0 Å². The molecule has 204 valence electrons. The van der Waals surface area contributed by atoms with Gasteiger partial charge in [-0.1, -0.05) is 43.9 Å². The van der Waals surface area contributed by atoms with Crippen LogP contribution < -0.4 is 16.2 Å². The molecule has 0 radical (unpaired) electrons. The van der Waals surface area contributed by atoms with Gasteiger partial charge >= 0.3 is 11.9 Å². The quantitative estimate of drug-likeness (QED) is 0.0705. The summed E-state index contributed by atoms with van der Waals surface area (Å²) in [5.41, 5.74) is 14.6. The number of anilines is 2. The molecule has 4 N–H and O–H groups in total. The Morgan fingerprint density at radius 3 is 2.42 bits per heavy atom. The van der Waals surface area contributed by atoms with Gasteiger partial charge < -0.3 is 20.9 Å². The molecule has 6 heteroatoms. The molecule has 1 aliphatic rings. The summed E-state index contributed by atoms with van der Waals surface area (Å²) in [6, 6.07) is 12.4. The summed E-state index contributed by atoms with van der Waals surface area (Å²) < 4.78 is 10.9. The number of nitrogen functional groups attached to an aromatic ring is 2. The first kappa shape index (κ1) is 29.0. The minimum Gasteiger partial charge on any atom is -0.462 e. The van der Waals surface area contributed by atoms with Gasteiger partial charge in [0.25, 0.3) is 0 Å². The Hall–Kier alpha value is -3.54. The predicted octanol–water partition coefficient (Wildman–Crippen LogP) is 6.89. The minimum absolute atomic E-state index is 0.0177. The number of ether oxygens (including phenoxy) is 2. The third-order valence-corrected chi connectivity index (χ3v) is 7.24. The summed E-state index contributed by atoms with van der Waals surface area (Å²) in [5, 5.41) is 0. The molecule has 1 saturated carbocycles. The summed E-state index contributed by atoms with van der Waals surface area (Å²) in [5.74, 6) is 0.672. The van der Waals surface area contributed by atoms with Crippen molar-refractivity contribution < 1.29 is 19.1 Å². The fourth-order valence-corrected chi connectivity index (χ4v) is 4.92. The fourth-order valence-electron chi connectivity index (χ4n) is 4.92. The Morgan fingerprint density at radius 1 is 0.947 bits per heavy atom. The van der Waals surface area contributed by atoms with Gasteiger partial charge in [0.1, 0.15) is 5.75 Å². The van der Waals surface area contributed by atoms with Crippen molar-refractivity contribution in [2.75, 3.05) is 18.1 Å². The van der Waals surface area contributed by atoms with Gasteiger partial charge in [-0.15, -0.1) is 6.58 Å². The van der Waals surface area contributed by atoms with E-state index in [2.05, 4.69) is 6.58 Å². The molecule has 0 aliphatic heterocycles. The number of unbranched alkanes of at least 4 members (excludes halogenated alkanes) is 4. The molecule has 3 rings (SSSR count). The minimum atomic E-state index is -0.439. The van der Waals surface area contributed by atoms with Gasteiger partial charge in [0.15, 0.2) is 0 Å². The number of rotatable bonds is 14. The van der Waals surface area contributed by atoms with Gasteiger partial charge in [-0.05, 0) is 92.0 Å². The van der Waals surface area contributed by atoms with Crippen LogP contribution in [0.25, 0.3) is 6.08 Å². The lowest BCUT2D eigenvalue weighted by molar-refractivity contribution is -0.140. The molecule has 0 bridgehead atoms. The van der Waals surface area contributed by atoms with E-state index in [1.165, 1.54) is 38.2 Å². The van der Waals surface area contributed by atoms with Crippen LogP contribution in [0, 0.1) is 11.8 Å². The Balaban J connectivity index is 1.34. The first-order chi connectivity index (χ1) is 18.4. The molecule has 0 aromatic heterocycles. The number of carbonyl (C=O) groups excluding carboxylic acids is 2. The second-order valence-corrected chi connectivity index (χ2v) is 10.2. The average molecular weight is 519 g/mol. The number of benzene rings is 2. The summed E-state index contributed by atoms with van der Waals surface area (Å²) in [6.45, 7) is 3.99. The summed E-state index contributed by atoms with van der Waals surface area (Å²) >= 11 is 0. The zero-order valence-electron chi connectivity index (χ0n) is 22.4. The molecule has 0 amide bonds. The van der Waals surface area contributed by atoms with E-state index in [9.17, 15) is 9.59 Å². The largest absolute Gasteiger partial charge is 0.462 e. The van der Waals surface area contributed by atoms with E-state index in [1.54, 1.807) is 36.4 Å². The number of nitrogens with two attached hydrogens (primary N) is 2. The smallest absolute Gasteiger partial charge is 0.330 e. The van der Waals surface area contributed by atoms with Crippen LogP contribution in [-0.4, -0.2) is 18.5 Å². The van der Waals surface area contributed by atoms with Crippen molar-refractivity contribution in [3.63, 3.8) is 0 Å². The molecule has 6 nitrogen and oxygen atoms in total. The molecular formula is C32H42N2O4. The van der Waals surface area contributed by atoms with Crippen LogP contribution in [0.2, 0.25) is 0 Å². The van der Waals surface area contributed by atoms with Crippen molar-refractivity contribution in [2.45, 2.75) is 70.6 Å². The normalized spacial score (nSPS) is 17.3. The average Bonchev–Trinajstić information content (AvgIpc) is 2.92. The maximum absolute atomic E-state index is 12.7. The SMILES string of the molecule is C=CCCCCCCC1CCC(C(=O)Oc2ccc(C=CC(=O)OCCc3cc(N)ccc3N)cc2)CC1. The molecule has 0 unspecified atom stereocenters. The number of carbonyl (C=O) groups is 2. The van der Waals surface area contributed by atoms with Gasteiger partial charge in [-0.3, -0.25) is 4.79 Å². The molecule has 1 aliphatic carbocycles. The summed E-state index contributed by atoms with van der Waals surface area (Å²) in [7, 11) is 0. The Bertz CT molecular complexity index is 1070. The van der Waals surface area contributed by atoms with Crippen molar-refractivity contribution in [1.29, 1.82) is 0 Å². The van der Waals surface area contributed by atoms with E-state index < -0.39 is 5.97 Å². The number of esters is 2. The highest BCUT2D eigenvalue weighted by atomic mass is 16.5. The molecule has 0 atom stereocenters. The predicted molar refractivity (Wildman–Crippen MR) is 154 cm³/mol. The van der Waals surface area contributed by atoms with Crippen LogP contribution in [0.1, 0.15) is 75.3 Å². The number of allylic oxidation sites excluding steroid dienone is 1. The molecule has 0 heterocycles. The highest BCUT2D eigenvalue weighted by Gasteiger charge is 2.27. The second kappa shape index (κ2) is 15.7. The highest BCUT2D eigenvalue weighted by Crippen LogP contribution is 2.33. The zero-order valence-corrected chi connectivity index (χ0v) is 22.4. The Morgan fingerprint density at radius 2 is 1.68 bits per heavy atom. The lowest BCUT2D eigenvalue weighted by Crippen LogP contribution is -2.25. The zero-order chi connectivity index (χ0) is 27.2. The van der Waals surface area contributed by atoms with Gasteiger partial charge in [0.05, 0.1) is 12.5 Å². The lowest BCUT2D eigenvalue weighted by atomic mass is 9.80. The maximum Gasteiger partial charge on any atom is 0.330 e. The first-order valence-corrected chi connectivity index (χ1v) is 13.9. The number of hydrogen-bond acceptors (Lipinski definition) is 6. The third kappa shape index (κ3) is 10.1. The third-order valence-electron chi connectivity index (χ3n) is 7.24. The molecule has 2 aromatic carbocycles. The van der Waals surface area contributed by atoms with Crippen molar-refractivity contribution in [3.8, 4) is 5.75 Å². The topological polar surface area (TPSA) is 105 Å². The van der Waals surface area contributed by atoms with E-state index >= 15 is 0 Å². The van der Waals surface area contributed by atoms with Gasteiger partial charge in [0.2, 0.25) is 0 Å². The molecule has 2 aromatic rings. The molecule has 0 spiro atoms. The molecule has 0 saturated heterocycles. The molecular weight excluding hydrogens is 476 g/mol. The lowest BCUT2D eigenvalue weighted by Gasteiger charge is -2.27. The van der Waals surface area contributed by atoms with Crippen LogP contribution in [0.5, 0.6) is 5.75 Å². The van der Waals surface area contributed by atoms with Crippen molar-refractivity contribution in [3.05, 3.63) is 72.3 Å². The number of hydrogen-bond donors (Lipinski definition) is 2. The Labute approximate surface area is 227 Å². The van der Waals surface area contributed by atoms with Crippen molar-refractivity contribution in [1.82, 2.24) is 0 Å². The molecule has 1 fully saturated rings. The van der Waals surface area contributed by atoms with Crippen LogP contribution in [-0.2, 0) is 20.7 Å². The van der Waals surface area contributed by atoms with E-state index in [4.69, 9.17) is 20.9 Å². The monoisotopic (exact) mass is 518 g/mol. The first-order valence-electron chi connectivity index (χ1n) is 13.9. The van der Waals surface area contributed by atoms with Gasteiger partial charge in [-0.25, -0.2) is 4.79 Å². The maximum atomic E-state index is 12.7.